The van der Waals surface area contributed by atoms with Gasteiger partial charge in [0.25, 0.3) is 10.1 Å². The van der Waals surface area contributed by atoms with Crippen LogP contribution in [0.15, 0.2) is 106 Å². The van der Waals surface area contributed by atoms with E-state index in [1.807, 2.05) is 0 Å². The van der Waals surface area contributed by atoms with Gasteiger partial charge < -0.3 is 13.3 Å². The summed E-state index contributed by atoms with van der Waals surface area (Å²) in [6, 6.07) is 32.2. The van der Waals surface area contributed by atoms with Gasteiger partial charge in [-0.15, -0.1) is 0 Å². The van der Waals surface area contributed by atoms with E-state index in [9.17, 15) is 13.0 Å². The van der Waals surface area contributed by atoms with Crippen molar-refractivity contribution in [2.45, 2.75) is 53.7 Å². The van der Waals surface area contributed by atoms with Gasteiger partial charge in [0.15, 0.2) is 19.6 Å². The molecule has 1 atom stereocenters. The van der Waals surface area contributed by atoms with Gasteiger partial charge >= 0.3 is 8.80 Å². The van der Waals surface area contributed by atoms with E-state index < -0.39 is 23.8 Å². The molecule has 6 nitrogen and oxygen atoms in total. The second-order valence-corrected chi connectivity index (χ2v) is 14.4. The maximum absolute atomic E-state index is 11.4. The monoisotopic (exact) mass is 549 g/mol. The number of hydrogen-bond acceptors (Lipinski definition) is 5. The van der Waals surface area contributed by atoms with Crippen molar-refractivity contribution in [2.24, 2.45) is 0 Å². The smallest absolute Gasteiger partial charge is 0.373 e. The average molecular weight is 550 g/mol. The first kappa shape index (κ1) is 30.2. The highest BCUT2D eigenvalue weighted by Gasteiger charge is 2.54. The second-order valence-electron chi connectivity index (χ2n) is 7.56. The van der Waals surface area contributed by atoms with E-state index in [2.05, 4.69) is 91.0 Å². The molecule has 0 saturated heterocycles. The Bertz CT molecular complexity index is 988. The van der Waals surface area contributed by atoms with Gasteiger partial charge in [-0.1, -0.05) is 61.5 Å². The molecule has 0 heterocycles. The lowest BCUT2D eigenvalue weighted by Crippen LogP contribution is -2.59. The molecule has 0 fully saturated rings. The first-order valence-electron chi connectivity index (χ1n) is 12.1. The van der Waals surface area contributed by atoms with E-state index in [0.717, 1.165) is 0 Å². The van der Waals surface area contributed by atoms with Gasteiger partial charge in [-0.2, -0.15) is 8.42 Å². The van der Waals surface area contributed by atoms with Gasteiger partial charge in [0.1, 0.15) is 0 Å². The standard InChI is InChI=1S/C18H15S.C9H22O6SSi/c1-4-10-16(11-5-1)19(17-12-6-2-7-13-17)18-14-8-3-9-15-18;1-5-9(16(10,11)12)17(13-6-2,14-7-3)15-8-4/h1-15H;9H,5-8H2,1-4H3,(H,10,11,12)/q+1;. The van der Waals surface area contributed by atoms with Gasteiger partial charge in [-0.05, 0) is 63.6 Å². The summed E-state index contributed by atoms with van der Waals surface area (Å²) >= 11 is 0. The fourth-order valence-corrected chi connectivity index (χ4v) is 10.8. The van der Waals surface area contributed by atoms with Crippen molar-refractivity contribution in [3.63, 3.8) is 0 Å². The highest BCUT2D eigenvalue weighted by Crippen LogP contribution is 2.30. The zero-order valence-corrected chi connectivity index (χ0v) is 24.0. The molecule has 0 aromatic heterocycles. The third kappa shape index (κ3) is 8.55. The highest BCUT2D eigenvalue weighted by atomic mass is 32.2. The van der Waals surface area contributed by atoms with E-state index in [0.29, 0.717) is 0 Å². The second kappa shape index (κ2) is 15.3. The molecule has 3 rings (SSSR count). The Morgan fingerprint density at radius 3 is 1.19 bits per heavy atom. The Morgan fingerprint density at radius 1 is 0.667 bits per heavy atom. The van der Waals surface area contributed by atoms with Crippen LogP contribution in [0, 0.1) is 0 Å². The lowest BCUT2D eigenvalue weighted by atomic mass is 10.4. The molecule has 1 unspecified atom stereocenters. The minimum absolute atomic E-state index is 0.0146. The van der Waals surface area contributed by atoms with Gasteiger partial charge in [-0.3, -0.25) is 4.55 Å². The summed E-state index contributed by atoms with van der Waals surface area (Å²) in [5.41, 5.74) is 0. The van der Waals surface area contributed by atoms with Crippen LogP contribution in [0.1, 0.15) is 34.1 Å². The first-order chi connectivity index (χ1) is 17.3. The first-order valence-corrected chi connectivity index (χ1v) is 16.6. The molecule has 0 spiro atoms. The van der Waals surface area contributed by atoms with Gasteiger partial charge in [-0.25, -0.2) is 0 Å². The Morgan fingerprint density at radius 2 is 0.972 bits per heavy atom. The average Bonchev–Trinajstić information content (AvgIpc) is 2.87. The molecule has 36 heavy (non-hydrogen) atoms. The quantitative estimate of drug-likeness (QED) is 0.169. The molecule has 0 aliphatic heterocycles. The van der Waals surface area contributed by atoms with E-state index in [1.54, 1.807) is 27.7 Å². The van der Waals surface area contributed by atoms with E-state index in [-0.39, 0.29) is 37.1 Å². The van der Waals surface area contributed by atoms with E-state index >= 15 is 0 Å². The summed E-state index contributed by atoms with van der Waals surface area (Å²) in [6.07, 6.45) is 0.186. The predicted molar refractivity (Wildman–Crippen MR) is 148 cm³/mol. The zero-order chi connectivity index (χ0) is 26.4. The number of hydrogen-bond donors (Lipinski definition) is 1. The lowest BCUT2D eigenvalue weighted by Gasteiger charge is -2.32. The van der Waals surface area contributed by atoms with Crippen molar-refractivity contribution in [3.8, 4) is 0 Å². The van der Waals surface area contributed by atoms with Crippen LogP contribution in [0.4, 0.5) is 0 Å². The largest absolute Gasteiger partial charge is 0.522 e. The topological polar surface area (TPSA) is 82.1 Å². The maximum atomic E-state index is 11.4. The molecule has 9 heteroatoms. The van der Waals surface area contributed by atoms with Crippen molar-refractivity contribution in [1.29, 1.82) is 0 Å². The molecule has 1 N–H and O–H groups in total. The number of rotatable bonds is 12. The molecule has 0 bridgehead atoms. The Labute approximate surface area is 220 Å². The van der Waals surface area contributed by atoms with E-state index in [4.69, 9.17) is 13.3 Å². The SMILES string of the molecule is CCO[Si](OCC)(OCC)C(CC)S(=O)(=O)O.c1ccc([S+](c2ccccc2)c2ccccc2)cc1. The number of benzene rings is 3. The molecule has 0 saturated carbocycles. The van der Waals surface area contributed by atoms with Crippen molar-refractivity contribution < 1.29 is 26.2 Å². The van der Waals surface area contributed by atoms with Crippen molar-refractivity contribution in [2.75, 3.05) is 19.8 Å². The molecular formula is C27H37O6S2Si+. The minimum atomic E-state index is -4.25. The van der Waals surface area contributed by atoms with Crippen LogP contribution in [-0.2, 0) is 34.3 Å². The fraction of sp³-hybridized carbons (Fsp3) is 0.333. The summed E-state index contributed by atoms with van der Waals surface area (Å²) in [5.74, 6) is 0. The zero-order valence-electron chi connectivity index (χ0n) is 21.4. The molecule has 0 radical (unpaired) electrons. The van der Waals surface area contributed by atoms with Gasteiger partial charge in [0.2, 0.25) is 0 Å². The van der Waals surface area contributed by atoms with Crippen LogP contribution in [0.3, 0.4) is 0 Å². The molecule has 3 aromatic rings. The normalized spacial score (nSPS) is 12.6. The van der Waals surface area contributed by atoms with Crippen LogP contribution in [0.2, 0.25) is 0 Å². The Kier molecular flexibility index (Phi) is 12.9. The molecule has 0 aliphatic carbocycles. The van der Waals surface area contributed by atoms with Crippen molar-refractivity contribution >= 4 is 29.8 Å². The highest BCUT2D eigenvalue weighted by molar-refractivity contribution is 7.97. The predicted octanol–water partition coefficient (Wildman–Crippen LogP) is 6.02. The molecular weight excluding hydrogens is 513 g/mol. The minimum Gasteiger partial charge on any atom is -0.373 e. The summed E-state index contributed by atoms with van der Waals surface area (Å²) in [6.45, 7) is 7.68. The summed E-state index contributed by atoms with van der Waals surface area (Å²) in [7, 11) is -7.67. The third-order valence-corrected chi connectivity index (χ3v) is 13.4. The van der Waals surface area contributed by atoms with Gasteiger partial charge in [0, 0.05) is 19.8 Å². The summed E-state index contributed by atoms with van der Waals surface area (Å²) < 4.78 is 48.4. The fourth-order valence-electron chi connectivity index (χ4n) is 3.73. The van der Waals surface area contributed by atoms with Crippen molar-refractivity contribution in [3.05, 3.63) is 91.0 Å². The van der Waals surface area contributed by atoms with Crippen LogP contribution in [0.5, 0.6) is 0 Å². The Hall–Kier alpha value is -1.98. The molecule has 3 aromatic carbocycles. The van der Waals surface area contributed by atoms with Crippen LogP contribution < -0.4 is 0 Å². The third-order valence-electron chi connectivity index (χ3n) is 5.10. The molecule has 0 aliphatic rings. The van der Waals surface area contributed by atoms with Gasteiger partial charge in [0.05, 0.1) is 10.9 Å². The van der Waals surface area contributed by atoms with Crippen LogP contribution >= 0.6 is 0 Å². The Balaban J connectivity index is 0.000000256. The molecule has 0 amide bonds. The maximum Gasteiger partial charge on any atom is 0.522 e. The van der Waals surface area contributed by atoms with Crippen molar-refractivity contribution in [1.82, 2.24) is 0 Å². The lowest BCUT2D eigenvalue weighted by molar-refractivity contribution is 0.0678. The van der Waals surface area contributed by atoms with E-state index in [1.165, 1.54) is 14.7 Å². The van der Waals surface area contributed by atoms with Crippen LogP contribution in [0.25, 0.3) is 0 Å². The summed E-state index contributed by atoms with van der Waals surface area (Å²) in [4.78, 5) is 2.95. The summed E-state index contributed by atoms with van der Waals surface area (Å²) in [5, 5.41) is 0. The van der Waals surface area contributed by atoms with Crippen LogP contribution in [-0.4, -0.2) is 46.5 Å². The molecule has 196 valence electrons.